The molecule has 0 spiro atoms. The lowest BCUT2D eigenvalue weighted by molar-refractivity contribution is -0.156. The Bertz CT molecular complexity index is 1610. The van der Waals surface area contributed by atoms with Crippen LogP contribution in [-0.4, -0.2) is 73.0 Å². The zero-order valence-corrected chi connectivity index (χ0v) is 35.6. The number of ketones is 2. The van der Waals surface area contributed by atoms with Crippen molar-refractivity contribution in [1.29, 1.82) is 0 Å². The Morgan fingerprint density at radius 2 is 1.21 bits per heavy atom. The fourth-order valence-electron chi connectivity index (χ4n) is 8.19. The summed E-state index contributed by atoms with van der Waals surface area (Å²) in [5, 5.41) is 9.57. The lowest BCUT2D eigenvalue weighted by Crippen LogP contribution is -2.43. The van der Waals surface area contributed by atoms with E-state index in [1.807, 2.05) is 54.3 Å². The third kappa shape index (κ3) is 15.2. The van der Waals surface area contributed by atoms with Crippen LogP contribution in [0, 0.1) is 17.8 Å². The summed E-state index contributed by atoms with van der Waals surface area (Å²) in [7, 11) is 3.48. The van der Waals surface area contributed by atoms with Crippen LogP contribution in [0.15, 0.2) is 83.8 Å². The number of carbonyl (C=O) groups excluding carboxylic acids is 3. The summed E-state index contributed by atoms with van der Waals surface area (Å²) in [6.45, 7) is 5.08. The first-order chi connectivity index (χ1) is 27.9. The number of hydrogen-bond donors (Lipinski definition) is 1. The summed E-state index contributed by atoms with van der Waals surface area (Å²) in [5.74, 6) is 1.21. The number of ether oxygens (including phenoxy) is 2. The number of nitrogens with zero attached hydrogens (tertiary/aromatic N) is 2. The summed E-state index contributed by atoms with van der Waals surface area (Å²) in [6.07, 6.45) is 7.84. The van der Waals surface area contributed by atoms with Gasteiger partial charge in [-0.2, -0.15) is 13.2 Å². The molecule has 4 aromatic rings. The second kappa shape index (κ2) is 24.5. The minimum atomic E-state index is -4.64. The summed E-state index contributed by atoms with van der Waals surface area (Å²) >= 11 is 3.29. The SMILES string of the molecule is CO[C@@H](C1CCCC1)[C@@H](C)C(=O)C[C@@H](Cc1ccccc1)c1nccs1.CO[C@@H]([C@@H]1CCCN1)[C@@H](C)C(=O)C[C@@H](Cc1ccccc1)c1nccs1.O=CC(F)(F)F. The highest BCUT2D eigenvalue weighted by Crippen LogP contribution is 2.35. The van der Waals surface area contributed by atoms with Crippen LogP contribution in [0.4, 0.5) is 13.2 Å². The van der Waals surface area contributed by atoms with Crippen molar-refractivity contribution in [3.05, 3.63) is 105 Å². The predicted molar refractivity (Wildman–Crippen MR) is 224 cm³/mol. The minimum absolute atomic E-state index is 0.0543. The molecular formula is C45H58F3N3O5S2. The van der Waals surface area contributed by atoms with Crippen LogP contribution in [-0.2, 0) is 36.7 Å². The molecule has 1 saturated carbocycles. The van der Waals surface area contributed by atoms with Crippen LogP contribution in [0.25, 0.3) is 0 Å². The highest BCUT2D eigenvalue weighted by atomic mass is 32.1. The molecule has 13 heteroatoms. The zero-order valence-electron chi connectivity index (χ0n) is 33.9. The van der Waals surface area contributed by atoms with Gasteiger partial charge in [-0.15, -0.1) is 22.7 Å². The van der Waals surface area contributed by atoms with E-state index in [1.54, 1.807) is 36.9 Å². The first-order valence-electron chi connectivity index (χ1n) is 20.2. The Morgan fingerprint density at radius 1 is 0.759 bits per heavy atom. The van der Waals surface area contributed by atoms with E-state index < -0.39 is 12.5 Å². The van der Waals surface area contributed by atoms with Gasteiger partial charge in [-0.25, -0.2) is 9.97 Å². The maximum absolute atomic E-state index is 13.1. The number of carbonyl (C=O) groups is 3. The van der Waals surface area contributed by atoms with Crippen LogP contribution in [0.1, 0.15) is 98.2 Å². The maximum Gasteiger partial charge on any atom is 0.446 e. The monoisotopic (exact) mass is 841 g/mol. The molecule has 0 unspecified atom stereocenters. The quantitative estimate of drug-likeness (QED) is 0.0988. The molecule has 0 amide bonds. The van der Waals surface area contributed by atoms with Crippen molar-refractivity contribution in [1.82, 2.24) is 15.3 Å². The molecule has 2 aliphatic rings. The van der Waals surface area contributed by atoms with Crippen molar-refractivity contribution in [2.45, 2.75) is 114 Å². The van der Waals surface area contributed by atoms with Gasteiger partial charge in [0.05, 0.1) is 22.2 Å². The van der Waals surface area contributed by atoms with Gasteiger partial charge in [-0.05, 0) is 62.1 Å². The van der Waals surface area contributed by atoms with Gasteiger partial charge >= 0.3 is 6.18 Å². The molecule has 0 radical (unpaired) electrons. The van der Waals surface area contributed by atoms with Gasteiger partial charge in [0.2, 0.25) is 6.29 Å². The molecule has 7 atom stereocenters. The lowest BCUT2D eigenvalue weighted by atomic mass is 9.83. The normalized spacial score (nSPS) is 18.7. The van der Waals surface area contributed by atoms with Crippen LogP contribution < -0.4 is 5.32 Å². The lowest BCUT2D eigenvalue weighted by Gasteiger charge is -2.28. The highest BCUT2D eigenvalue weighted by Gasteiger charge is 2.35. The Kier molecular flexibility index (Phi) is 19.8. The van der Waals surface area contributed by atoms with Gasteiger partial charge < -0.3 is 14.8 Å². The Hall–Kier alpha value is -3.62. The number of Topliss-reactive ketones (excluding diaryl/α,β-unsaturated/α-hetero) is 2. The van der Waals surface area contributed by atoms with Crippen LogP contribution in [0.2, 0.25) is 0 Å². The topological polar surface area (TPSA) is 107 Å². The molecule has 3 heterocycles. The molecule has 2 aromatic carbocycles. The van der Waals surface area contributed by atoms with E-state index in [0.29, 0.717) is 24.5 Å². The molecule has 6 rings (SSSR count). The number of aromatic nitrogens is 2. The number of nitrogens with one attached hydrogen (secondary N) is 1. The fourth-order valence-corrected chi connectivity index (χ4v) is 9.67. The molecule has 1 N–H and O–H groups in total. The molecule has 2 aromatic heterocycles. The Balaban J connectivity index is 0.000000225. The van der Waals surface area contributed by atoms with Crippen molar-refractivity contribution in [3.8, 4) is 0 Å². The van der Waals surface area contributed by atoms with Gasteiger partial charge in [0.1, 0.15) is 11.6 Å². The summed E-state index contributed by atoms with van der Waals surface area (Å²) in [5.41, 5.74) is 2.50. The standard InChI is InChI=1S/C22H29NO2S.C21H28N2O2S.C2HF3O/c1-16(21(25-2)18-10-6-7-11-18)20(24)15-19(22-23-12-13-26-22)14-17-8-4-3-5-9-17;1-15(20(25-2)18-9-6-10-22-18)19(24)14-17(21-23-11-12-26-21)13-16-7-4-3-5-8-16;3-2(4,5)1-6/h3-5,8-9,12-13,16,18-19,21H,6-7,10-11,14-15H2,1-2H3;3-5,7-8,11-12,15,17-18,20,22H,6,9-10,13-14H2,1-2H3;1H/t16-,19+,21+;15-,17+,18-,20+;/m00./s1. The van der Waals surface area contributed by atoms with E-state index in [4.69, 9.17) is 14.3 Å². The van der Waals surface area contributed by atoms with E-state index in [2.05, 4.69) is 58.6 Å². The molecule has 2 fully saturated rings. The molecule has 316 valence electrons. The first kappa shape index (κ1) is 47.1. The van der Waals surface area contributed by atoms with E-state index in [9.17, 15) is 22.8 Å². The Labute approximate surface area is 349 Å². The van der Waals surface area contributed by atoms with Crippen molar-refractivity contribution in [2.75, 3.05) is 20.8 Å². The highest BCUT2D eigenvalue weighted by molar-refractivity contribution is 7.09. The van der Waals surface area contributed by atoms with Crippen LogP contribution in [0.3, 0.4) is 0 Å². The molecule has 8 nitrogen and oxygen atoms in total. The molecule has 58 heavy (non-hydrogen) atoms. The van der Waals surface area contributed by atoms with Crippen molar-refractivity contribution < 1.29 is 37.0 Å². The fraction of sp³-hybridized carbons (Fsp3) is 0.533. The van der Waals surface area contributed by atoms with Crippen molar-refractivity contribution in [2.24, 2.45) is 17.8 Å². The number of benzene rings is 2. The van der Waals surface area contributed by atoms with Gasteiger partial charge in [0, 0.05) is 79.9 Å². The number of halogens is 3. The van der Waals surface area contributed by atoms with E-state index in [-0.39, 0.29) is 47.7 Å². The average molecular weight is 842 g/mol. The van der Waals surface area contributed by atoms with Gasteiger partial charge in [0.15, 0.2) is 0 Å². The van der Waals surface area contributed by atoms with Crippen LogP contribution in [0.5, 0.6) is 0 Å². The zero-order chi connectivity index (χ0) is 41.9. The molecule has 1 aliphatic heterocycles. The van der Waals surface area contributed by atoms with E-state index in [0.717, 1.165) is 42.2 Å². The first-order valence-corrected chi connectivity index (χ1v) is 21.9. The van der Waals surface area contributed by atoms with E-state index in [1.165, 1.54) is 36.8 Å². The average Bonchev–Trinajstić information content (AvgIpc) is 4.08. The second-order valence-electron chi connectivity index (χ2n) is 15.2. The van der Waals surface area contributed by atoms with Gasteiger partial charge in [-0.1, -0.05) is 87.4 Å². The number of methoxy groups -OCH3 is 2. The second-order valence-corrected chi connectivity index (χ2v) is 17.1. The maximum atomic E-state index is 13.1. The summed E-state index contributed by atoms with van der Waals surface area (Å²) in [4.78, 5) is 43.9. The molecule has 0 bridgehead atoms. The third-order valence-electron chi connectivity index (χ3n) is 11.2. The molecule has 1 aliphatic carbocycles. The Morgan fingerprint density at radius 3 is 1.57 bits per heavy atom. The third-order valence-corrected chi connectivity index (χ3v) is 13.1. The summed E-state index contributed by atoms with van der Waals surface area (Å²) in [6, 6.07) is 21.0. The minimum Gasteiger partial charge on any atom is -0.380 e. The van der Waals surface area contributed by atoms with Crippen molar-refractivity contribution in [3.63, 3.8) is 0 Å². The van der Waals surface area contributed by atoms with E-state index >= 15 is 0 Å². The smallest absolute Gasteiger partial charge is 0.380 e. The number of rotatable bonds is 18. The number of aldehydes is 1. The number of hydrogen-bond acceptors (Lipinski definition) is 10. The van der Waals surface area contributed by atoms with Gasteiger partial charge in [0.25, 0.3) is 0 Å². The number of alkyl halides is 3. The van der Waals surface area contributed by atoms with Crippen LogP contribution >= 0.6 is 22.7 Å². The largest absolute Gasteiger partial charge is 0.446 e. The summed E-state index contributed by atoms with van der Waals surface area (Å²) < 4.78 is 42.7. The predicted octanol–water partition coefficient (Wildman–Crippen LogP) is 9.85. The van der Waals surface area contributed by atoms with Gasteiger partial charge in [-0.3, -0.25) is 14.4 Å². The number of thiazole rings is 2. The molecular weight excluding hydrogens is 784 g/mol. The molecule has 1 saturated heterocycles. The van der Waals surface area contributed by atoms with Crippen molar-refractivity contribution >= 4 is 40.5 Å².